The van der Waals surface area contributed by atoms with Crippen LogP contribution in [0.25, 0.3) is 0 Å². The largest absolute Gasteiger partial charge is 0.477 e. The van der Waals surface area contributed by atoms with Gasteiger partial charge < -0.3 is 29.5 Å². The number of anilines is 2. The molecule has 13 nitrogen and oxygen atoms in total. The van der Waals surface area contributed by atoms with Crippen LogP contribution in [-0.4, -0.2) is 106 Å². The molecule has 3 aliphatic rings. The zero-order valence-corrected chi connectivity index (χ0v) is 22.8. The van der Waals surface area contributed by atoms with E-state index in [2.05, 4.69) is 35.5 Å². The number of fused-ring (bicyclic) bond motifs is 1. The summed E-state index contributed by atoms with van der Waals surface area (Å²) in [5, 5.41) is 5.60. The van der Waals surface area contributed by atoms with Gasteiger partial charge in [-0.1, -0.05) is 0 Å². The number of likely N-dealkylation sites (N-methyl/N-ethyl adjacent to an activating group) is 1. The normalized spacial score (nSPS) is 24.6. The van der Waals surface area contributed by atoms with Crippen LogP contribution in [0.3, 0.4) is 0 Å². The molecule has 2 aromatic rings. The third-order valence-electron chi connectivity index (χ3n) is 7.71. The van der Waals surface area contributed by atoms with Gasteiger partial charge in [-0.25, -0.2) is 28.9 Å². The Balaban J connectivity index is 1.16. The second-order valence-corrected chi connectivity index (χ2v) is 10.3. The number of nitrogens with one attached hydrogen (secondary N) is 2. The molecule has 0 radical (unpaired) electrons. The maximum Gasteiger partial charge on any atom is 0.414 e. The number of piperidine rings is 2. The van der Waals surface area contributed by atoms with Gasteiger partial charge >= 0.3 is 12.1 Å². The Hall–Kier alpha value is -3.81. The molecular weight excluding hydrogens is 521 g/mol. The summed E-state index contributed by atoms with van der Waals surface area (Å²) in [6.07, 6.45) is 6.89. The number of rotatable bonds is 7. The molecule has 0 aliphatic carbocycles. The van der Waals surface area contributed by atoms with E-state index in [1.807, 2.05) is 6.92 Å². The van der Waals surface area contributed by atoms with E-state index < -0.39 is 24.3 Å². The Morgan fingerprint density at radius 2 is 2.00 bits per heavy atom. The van der Waals surface area contributed by atoms with Crippen LogP contribution in [0.1, 0.15) is 39.0 Å². The molecular formula is C26H36FN9O4. The minimum Gasteiger partial charge on any atom is -0.477 e. The van der Waals surface area contributed by atoms with Crippen molar-refractivity contribution in [1.29, 1.82) is 0 Å². The average molecular weight is 558 g/mol. The van der Waals surface area contributed by atoms with Crippen LogP contribution in [0, 0.1) is 0 Å². The molecule has 14 heteroatoms. The van der Waals surface area contributed by atoms with E-state index >= 15 is 0 Å². The lowest BCUT2D eigenvalue weighted by Crippen LogP contribution is -2.55. The molecule has 5 rings (SSSR count). The lowest BCUT2D eigenvalue weighted by Gasteiger charge is -2.39. The quantitative estimate of drug-likeness (QED) is 0.522. The second-order valence-electron chi connectivity index (χ2n) is 10.3. The van der Waals surface area contributed by atoms with Gasteiger partial charge in [-0.3, -0.25) is 5.32 Å². The van der Waals surface area contributed by atoms with E-state index in [1.165, 1.54) is 49.4 Å². The average Bonchev–Trinajstić information content (AvgIpc) is 3.42. The number of hydrogen-bond acceptors (Lipinski definition) is 10. The Morgan fingerprint density at radius 3 is 2.80 bits per heavy atom. The summed E-state index contributed by atoms with van der Waals surface area (Å²) >= 11 is 0. The number of ether oxygens (including phenoxy) is 2. The van der Waals surface area contributed by atoms with E-state index in [-0.39, 0.29) is 30.7 Å². The predicted molar refractivity (Wildman–Crippen MR) is 144 cm³/mol. The van der Waals surface area contributed by atoms with Crippen molar-refractivity contribution in [3.8, 4) is 11.8 Å². The predicted octanol–water partition coefficient (Wildman–Crippen LogP) is 2.46. The van der Waals surface area contributed by atoms with Crippen molar-refractivity contribution in [2.24, 2.45) is 0 Å². The second kappa shape index (κ2) is 12.6. The highest BCUT2D eigenvalue weighted by atomic mass is 19.1. The van der Waals surface area contributed by atoms with Gasteiger partial charge in [0.15, 0.2) is 5.82 Å². The lowest BCUT2D eigenvalue weighted by atomic mass is 9.98. The standard InChI is InChI=1S/C26H36FN9O4/c1-3-39-23-15-29-21(14-30-23)32-25(37)34(2)20-16-36(12-8-19(20)27)24-28-9-6-22(33-24)40-26(38)31-17-7-11-35-10-4-5-18(35)13-17/h6,9,14-15,17-20H,3-5,7-8,10-13,16H2,1-2H3,(H,31,38)(H,29,32,37)/t17-,18-,19-,20+/m1/s1. The fraction of sp³-hybridized carbons (Fsp3) is 0.615. The molecule has 4 atom stereocenters. The molecule has 40 heavy (non-hydrogen) atoms. The van der Waals surface area contributed by atoms with Crippen LogP contribution >= 0.6 is 0 Å². The maximum absolute atomic E-state index is 15.0. The summed E-state index contributed by atoms with van der Waals surface area (Å²) < 4.78 is 25.7. The number of halogens is 1. The molecule has 3 aliphatic heterocycles. The molecule has 3 amide bonds. The maximum atomic E-state index is 15.0. The molecule has 5 heterocycles. The molecule has 3 fully saturated rings. The Bertz CT molecular complexity index is 1170. The summed E-state index contributed by atoms with van der Waals surface area (Å²) in [5.41, 5.74) is 0. The van der Waals surface area contributed by atoms with Crippen LogP contribution in [0.5, 0.6) is 11.8 Å². The monoisotopic (exact) mass is 557 g/mol. The molecule has 3 saturated heterocycles. The van der Waals surface area contributed by atoms with E-state index in [0.717, 1.165) is 25.9 Å². The van der Waals surface area contributed by atoms with Gasteiger partial charge in [0.1, 0.15) is 6.17 Å². The zero-order chi connectivity index (χ0) is 28.1. The first kappa shape index (κ1) is 27.7. The summed E-state index contributed by atoms with van der Waals surface area (Å²) in [5.74, 6) is 0.981. The van der Waals surface area contributed by atoms with E-state index in [0.29, 0.717) is 31.0 Å². The number of carbonyl (C=O) groups excluding carboxylic acids is 2. The SMILES string of the molecule is CCOc1cnc(NC(=O)N(C)[C@H]2CN(c3nccc(OC(=O)N[C@@H]4CCN5CCC[C@@H]5C4)n3)CC[C@H]2F)cn1. The van der Waals surface area contributed by atoms with Gasteiger partial charge in [-0.15, -0.1) is 0 Å². The molecule has 0 aromatic carbocycles. The van der Waals surface area contributed by atoms with Crippen LogP contribution in [0.15, 0.2) is 24.7 Å². The lowest BCUT2D eigenvalue weighted by molar-refractivity contribution is 0.133. The zero-order valence-electron chi connectivity index (χ0n) is 22.8. The molecule has 0 unspecified atom stereocenters. The summed E-state index contributed by atoms with van der Waals surface area (Å²) in [7, 11) is 1.53. The minimum atomic E-state index is -1.24. The van der Waals surface area contributed by atoms with E-state index in [1.54, 1.807) is 4.90 Å². The molecule has 216 valence electrons. The Kier molecular flexibility index (Phi) is 8.72. The number of aromatic nitrogens is 4. The van der Waals surface area contributed by atoms with Crippen molar-refractivity contribution >= 4 is 23.9 Å². The number of nitrogens with zero attached hydrogens (tertiary/aromatic N) is 7. The van der Waals surface area contributed by atoms with Crippen molar-refractivity contribution < 1.29 is 23.5 Å². The van der Waals surface area contributed by atoms with Gasteiger partial charge in [0.2, 0.25) is 17.7 Å². The minimum absolute atomic E-state index is 0.0766. The highest BCUT2D eigenvalue weighted by Gasteiger charge is 2.36. The first-order chi connectivity index (χ1) is 19.4. The summed E-state index contributed by atoms with van der Waals surface area (Å²) in [4.78, 5) is 47.9. The summed E-state index contributed by atoms with van der Waals surface area (Å²) in [6, 6.07) is 0.839. The number of carbonyl (C=O) groups is 2. The smallest absolute Gasteiger partial charge is 0.414 e. The third kappa shape index (κ3) is 6.66. The Morgan fingerprint density at radius 1 is 1.12 bits per heavy atom. The van der Waals surface area contributed by atoms with Gasteiger partial charge in [-0.2, -0.15) is 4.98 Å². The van der Waals surface area contributed by atoms with E-state index in [4.69, 9.17) is 9.47 Å². The first-order valence-electron chi connectivity index (χ1n) is 13.8. The van der Waals surface area contributed by atoms with Gasteiger partial charge in [-0.05, 0) is 45.6 Å². The Labute approximate surface area is 232 Å². The third-order valence-corrected chi connectivity index (χ3v) is 7.71. The van der Waals surface area contributed by atoms with Crippen molar-refractivity contribution in [2.45, 2.75) is 63.3 Å². The van der Waals surface area contributed by atoms with Crippen LogP contribution < -0.4 is 25.0 Å². The number of hydrogen-bond donors (Lipinski definition) is 2. The molecule has 0 bridgehead atoms. The number of alkyl halides is 1. The van der Waals surface area contributed by atoms with Crippen molar-refractivity contribution in [3.63, 3.8) is 0 Å². The topological polar surface area (TPSA) is 138 Å². The molecule has 0 saturated carbocycles. The van der Waals surface area contributed by atoms with Gasteiger partial charge in [0.25, 0.3) is 0 Å². The van der Waals surface area contributed by atoms with Crippen molar-refractivity contribution in [3.05, 3.63) is 24.7 Å². The molecule has 2 aromatic heterocycles. The summed E-state index contributed by atoms with van der Waals surface area (Å²) in [6.45, 7) is 4.93. The van der Waals surface area contributed by atoms with Crippen LogP contribution in [0.2, 0.25) is 0 Å². The van der Waals surface area contributed by atoms with Crippen molar-refractivity contribution in [2.75, 3.05) is 50.1 Å². The highest BCUT2D eigenvalue weighted by molar-refractivity contribution is 5.88. The molecule has 2 N–H and O–H groups in total. The number of urea groups is 1. The van der Waals surface area contributed by atoms with Crippen molar-refractivity contribution in [1.82, 2.24) is 35.1 Å². The van der Waals surface area contributed by atoms with Crippen LogP contribution in [-0.2, 0) is 0 Å². The highest BCUT2D eigenvalue weighted by Crippen LogP contribution is 2.27. The van der Waals surface area contributed by atoms with Gasteiger partial charge in [0.05, 0.1) is 25.0 Å². The van der Waals surface area contributed by atoms with Crippen LogP contribution in [0.4, 0.5) is 25.7 Å². The fourth-order valence-corrected chi connectivity index (χ4v) is 5.59. The molecule has 0 spiro atoms. The number of amides is 3. The van der Waals surface area contributed by atoms with E-state index in [9.17, 15) is 14.0 Å². The van der Waals surface area contributed by atoms with Gasteiger partial charge in [0, 0.05) is 51.0 Å². The fourth-order valence-electron chi connectivity index (χ4n) is 5.59. The first-order valence-corrected chi connectivity index (χ1v) is 13.8.